The van der Waals surface area contributed by atoms with Crippen LogP contribution in [0.1, 0.15) is 67.9 Å². The minimum absolute atomic E-state index is 0.0284. The van der Waals surface area contributed by atoms with Crippen LogP contribution in [-0.4, -0.2) is 81.2 Å². The Morgan fingerprint density at radius 3 is 2.53 bits per heavy atom. The molecule has 3 fully saturated rings. The summed E-state index contributed by atoms with van der Waals surface area (Å²) >= 11 is 0. The van der Waals surface area contributed by atoms with Gasteiger partial charge in [0.2, 0.25) is 11.8 Å². The number of halogens is 3. The molecule has 1 aliphatic carbocycles. The van der Waals surface area contributed by atoms with Crippen LogP contribution in [0.2, 0.25) is 0 Å². The standard InChI is InChI=1S/C39H40F3N7O4/c40-29-5-1-4-26(35(29)51)31-20-27(37(43)47-46-31)30-19-23(13-15-44-30)28-14-16-48(21-39(28,41)42)24-9-7-22(8-10-24)25-3-2-6-32-36(25)53-18-17-49(32)33-11-12-34(50)45-38(33)52/h1-6,13,15,19-20,22,24,28,33,51H,7-12,14,16-18,21H2,(H2,43,47)(H,45,50,52)/t22?,24?,28-,33-/m1/s1. The summed E-state index contributed by atoms with van der Waals surface area (Å²) in [5, 5.41) is 20.7. The molecule has 0 unspecified atom stereocenters. The van der Waals surface area contributed by atoms with E-state index in [1.54, 1.807) is 12.1 Å². The number of imide groups is 1. The molecule has 4 aliphatic rings. The van der Waals surface area contributed by atoms with E-state index in [0.29, 0.717) is 49.4 Å². The number of para-hydroxylation sites is 2. The van der Waals surface area contributed by atoms with Gasteiger partial charge in [-0.2, -0.15) is 0 Å². The minimum atomic E-state index is -3.00. The van der Waals surface area contributed by atoms with E-state index in [0.717, 1.165) is 48.8 Å². The molecular weight excluding hydrogens is 687 g/mol. The van der Waals surface area contributed by atoms with Crippen molar-refractivity contribution in [3.63, 3.8) is 0 Å². The Bertz CT molecular complexity index is 2060. The lowest BCUT2D eigenvalue weighted by Crippen LogP contribution is -2.54. The van der Waals surface area contributed by atoms with Gasteiger partial charge in [0, 0.05) is 29.8 Å². The van der Waals surface area contributed by atoms with Crippen molar-refractivity contribution >= 4 is 23.3 Å². The van der Waals surface area contributed by atoms with E-state index in [1.165, 1.54) is 24.4 Å². The zero-order chi connectivity index (χ0) is 36.9. The number of nitrogens with zero attached hydrogens (tertiary/aromatic N) is 5. The van der Waals surface area contributed by atoms with Crippen LogP contribution in [-0.2, 0) is 9.59 Å². The van der Waals surface area contributed by atoms with Crippen molar-refractivity contribution < 1.29 is 32.6 Å². The van der Waals surface area contributed by atoms with Crippen molar-refractivity contribution in [2.75, 3.05) is 36.9 Å². The van der Waals surface area contributed by atoms with Crippen molar-refractivity contribution in [3.8, 4) is 34.0 Å². The van der Waals surface area contributed by atoms with Gasteiger partial charge in [0.15, 0.2) is 17.4 Å². The van der Waals surface area contributed by atoms with Crippen molar-refractivity contribution in [2.45, 2.75) is 74.8 Å². The number of rotatable bonds is 6. The molecule has 5 heterocycles. The summed E-state index contributed by atoms with van der Waals surface area (Å²) in [5.74, 6) is -4.93. The number of piperidine rings is 2. The van der Waals surface area contributed by atoms with E-state index < -0.39 is 29.4 Å². The molecule has 4 N–H and O–H groups in total. The highest BCUT2D eigenvalue weighted by molar-refractivity contribution is 6.02. The lowest BCUT2D eigenvalue weighted by atomic mass is 9.79. The van der Waals surface area contributed by atoms with E-state index in [1.807, 2.05) is 21.9 Å². The molecule has 0 spiro atoms. The maximum atomic E-state index is 16.1. The van der Waals surface area contributed by atoms with Crippen LogP contribution >= 0.6 is 0 Å². The number of nitrogen functional groups attached to an aromatic ring is 1. The van der Waals surface area contributed by atoms with Gasteiger partial charge in [-0.1, -0.05) is 18.2 Å². The van der Waals surface area contributed by atoms with Gasteiger partial charge in [0.05, 0.1) is 36.1 Å². The number of carbonyl (C=O) groups is 2. The first-order valence-corrected chi connectivity index (χ1v) is 18.1. The van der Waals surface area contributed by atoms with Gasteiger partial charge in [-0.25, -0.2) is 13.2 Å². The maximum Gasteiger partial charge on any atom is 0.267 e. The smallest absolute Gasteiger partial charge is 0.267 e. The van der Waals surface area contributed by atoms with Gasteiger partial charge in [-0.15, -0.1) is 10.2 Å². The second kappa shape index (κ2) is 14.0. The number of phenolic OH excluding ortho intramolecular Hbond substituents is 1. The van der Waals surface area contributed by atoms with Gasteiger partial charge < -0.3 is 20.5 Å². The first-order chi connectivity index (χ1) is 25.6. The van der Waals surface area contributed by atoms with Crippen molar-refractivity contribution in [3.05, 3.63) is 77.7 Å². The second-order valence-electron chi connectivity index (χ2n) is 14.4. The average Bonchev–Trinajstić information content (AvgIpc) is 3.15. The number of ether oxygens (including phenoxy) is 1. The Morgan fingerprint density at radius 1 is 0.925 bits per heavy atom. The van der Waals surface area contributed by atoms with Crippen LogP contribution in [0.5, 0.6) is 11.5 Å². The second-order valence-corrected chi connectivity index (χ2v) is 14.4. The molecule has 2 saturated heterocycles. The average molecular weight is 728 g/mol. The van der Waals surface area contributed by atoms with Crippen molar-refractivity contribution in [2.24, 2.45) is 0 Å². The molecule has 276 valence electrons. The molecular formula is C39H40F3N7O4. The number of benzene rings is 2. The maximum absolute atomic E-state index is 16.1. The SMILES string of the molecule is Nc1nnc(-c2cccc(F)c2O)cc1-c1cc([C@H]2CCN(C3CCC(c4cccc5c4OCCN5[C@@H]4CCC(=O)NC4=O)CC3)CC2(F)F)ccn1. The molecule has 11 nitrogen and oxygen atoms in total. The number of amides is 2. The van der Waals surface area contributed by atoms with E-state index in [2.05, 4.69) is 26.6 Å². The number of nitrogens with two attached hydrogens (primary N) is 1. The number of nitrogens with one attached hydrogen (secondary N) is 1. The normalized spacial score (nSPS) is 24.6. The number of pyridine rings is 1. The lowest BCUT2D eigenvalue weighted by Gasteiger charge is -2.44. The van der Waals surface area contributed by atoms with Crippen LogP contribution in [0.25, 0.3) is 22.5 Å². The van der Waals surface area contributed by atoms with Crippen LogP contribution in [0.4, 0.5) is 24.7 Å². The van der Waals surface area contributed by atoms with E-state index in [4.69, 9.17) is 10.5 Å². The summed E-state index contributed by atoms with van der Waals surface area (Å²) in [7, 11) is 0. The summed E-state index contributed by atoms with van der Waals surface area (Å²) in [6, 6.07) is 14.4. The van der Waals surface area contributed by atoms with E-state index >= 15 is 8.78 Å². The predicted octanol–water partition coefficient (Wildman–Crippen LogP) is 5.79. The molecule has 2 aromatic heterocycles. The number of alkyl halides is 2. The van der Waals surface area contributed by atoms with E-state index in [-0.39, 0.29) is 53.8 Å². The topological polar surface area (TPSA) is 147 Å². The fraction of sp³-hybridized carbons (Fsp3) is 0.410. The van der Waals surface area contributed by atoms with Gasteiger partial charge in [-0.3, -0.25) is 24.8 Å². The van der Waals surface area contributed by atoms with Gasteiger partial charge in [0.25, 0.3) is 5.92 Å². The summed E-state index contributed by atoms with van der Waals surface area (Å²) in [6.07, 6.45) is 5.73. The number of anilines is 2. The predicted molar refractivity (Wildman–Crippen MR) is 191 cm³/mol. The molecule has 8 rings (SSSR count). The molecule has 1 saturated carbocycles. The summed E-state index contributed by atoms with van der Waals surface area (Å²) in [4.78, 5) is 32.8. The Kier molecular flexibility index (Phi) is 9.17. The Morgan fingerprint density at radius 2 is 1.74 bits per heavy atom. The number of hydrogen-bond donors (Lipinski definition) is 3. The third kappa shape index (κ3) is 6.64. The molecule has 4 aromatic rings. The molecule has 14 heteroatoms. The number of aromatic hydroxyl groups is 1. The number of carbonyl (C=O) groups excluding carboxylic acids is 2. The van der Waals surface area contributed by atoms with Crippen LogP contribution in [0, 0.1) is 5.82 Å². The highest BCUT2D eigenvalue weighted by Gasteiger charge is 2.47. The van der Waals surface area contributed by atoms with Crippen LogP contribution in [0.15, 0.2) is 60.8 Å². The summed E-state index contributed by atoms with van der Waals surface area (Å²) < 4.78 is 52.4. The zero-order valence-electron chi connectivity index (χ0n) is 29.0. The molecule has 2 atom stereocenters. The van der Waals surface area contributed by atoms with Gasteiger partial charge >= 0.3 is 0 Å². The number of fused-ring (bicyclic) bond motifs is 1. The molecule has 2 aromatic carbocycles. The fourth-order valence-electron chi connectivity index (χ4n) is 8.63. The first-order valence-electron chi connectivity index (χ1n) is 18.1. The lowest BCUT2D eigenvalue weighted by molar-refractivity contribution is -0.134. The summed E-state index contributed by atoms with van der Waals surface area (Å²) in [6.45, 7) is 1.17. The number of likely N-dealkylation sites (tertiary alicyclic amines) is 1. The Labute approximate surface area is 304 Å². The molecule has 3 aliphatic heterocycles. The minimum Gasteiger partial charge on any atom is -0.504 e. The molecule has 2 amide bonds. The Balaban J connectivity index is 0.939. The molecule has 0 bridgehead atoms. The largest absolute Gasteiger partial charge is 0.504 e. The van der Waals surface area contributed by atoms with Crippen molar-refractivity contribution in [1.82, 2.24) is 25.4 Å². The fourth-order valence-corrected chi connectivity index (χ4v) is 8.63. The van der Waals surface area contributed by atoms with E-state index in [9.17, 15) is 19.1 Å². The van der Waals surface area contributed by atoms with Crippen LogP contribution in [0.3, 0.4) is 0 Å². The third-order valence-corrected chi connectivity index (χ3v) is 11.3. The van der Waals surface area contributed by atoms with Crippen molar-refractivity contribution in [1.29, 1.82) is 0 Å². The Hall–Kier alpha value is -5.24. The highest BCUT2D eigenvalue weighted by Crippen LogP contribution is 2.47. The quantitative estimate of drug-likeness (QED) is 0.209. The van der Waals surface area contributed by atoms with Gasteiger partial charge in [-0.05, 0) is 98.5 Å². The molecule has 0 radical (unpaired) electrons. The third-order valence-electron chi connectivity index (χ3n) is 11.3. The monoisotopic (exact) mass is 727 g/mol. The summed E-state index contributed by atoms with van der Waals surface area (Å²) in [5.41, 5.74) is 9.48. The number of hydrogen-bond acceptors (Lipinski definition) is 10. The molecule has 53 heavy (non-hydrogen) atoms. The highest BCUT2D eigenvalue weighted by atomic mass is 19.3. The van der Waals surface area contributed by atoms with Crippen LogP contribution < -0.4 is 20.7 Å². The number of aromatic nitrogens is 3. The first kappa shape index (κ1) is 34.8. The zero-order valence-corrected chi connectivity index (χ0v) is 29.0. The number of phenols is 1. The van der Waals surface area contributed by atoms with Gasteiger partial charge in [0.1, 0.15) is 18.4 Å².